The van der Waals surface area contributed by atoms with E-state index < -0.39 is 21.1 Å². The van der Waals surface area contributed by atoms with Crippen LogP contribution >= 0.6 is 0 Å². The Balaban J connectivity index is 1.62. The highest BCUT2D eigenvalue weighted by atomic mass is 32.2. The second kappa shape index (κ2) is 8.44. The number of rotatable bonds is 7. The van der Waals surface area contributed by atoms with Crippen LogP contribution in [0.3, 0.4) is 0 Å². The van der Waals surface area contributed by atoms with E-state index >= 15 is 0 Å². The van der Waals surface area contributed by atoms with E-state index in [-0.39, 0.29) is 33.8 Å². The topological polar surface area (TPSA) is 110 Å². The first-order chi connectivity index (χ1) is 16.5. The van der Waals surface area contributed by atoms with Crippen LogP contribution < -0.4 is 16.0 Å². The van der Waals surface area contributed by atoms with Crippen LogP contribution in [0.15, 0.2) is 45.3 Å². The van der Waals surface area contributed by atoms with Gasteiger partial charge < -0.3 is 4.90 Å². The van der Waals surface area contributed by atoms with Gasteiger partial charge in [-0.15, -0.1) is 0 Å². The first-order valence-corrected chi connectivity index (χ1v) is 13.8. The molecule has 3 fully saturated rings. The van der Waals surface area contributed by atoms with Crippen LogP contribution in [-0.2, 0) is 21.4 Å². The number of benzene rings is 1. The Bertz CT molecular complexity index is 1430. The number of piperidine rings is 1. The van der Waals surface area contributed by atoms with Gasteiger partial charge in [0.2, 0.25) is 15.9 Å². The predicted molar refractivity (Wildman–Crippen MR) is 133 cm³/mol. The Morgan fingerprint density at radius 1 is 1.23 bits per heavy atom. The molecule has 1 N–H and O–H groups in total. The maximum atomic E-state index is 13.7. The molecule has 1 saturated heterocycles. The van der Waals surface area contributed by atoms with E-state index in [1.165, 1.54) is 22.8 Å². The van der Waals surface area contributed by atoms with Crippen LogP contribution in [0.4, 0.5) is 0 Å². The van der Waals surface area contributed by atoms with Crippen molar-refractivity contribution in [3.63, 3.8) is 0 Å². The van der Waals surface area contributed by atoms with Gasteiger partial charge >= 0.3 is 5.69 Å². The lowest BCUT2D eigenvalue weighted by atomic mass is 9.93. The van der Waals surface area contributed by atoms with Gasteiger partial charge in [-0.25, -0.2) is 17.9 Å². The number of likely N-dealkylation sites (tertiary alicyclic amines) is 1. The molecule has 5 rings (SSSR count). The fourth-order valence-electron chi connectivity index (χ4n) is 5.09. The van der Waals surface area contributed by atoms with Crippen molar-refractivity contribution in [3.8, 4) is 0 Å². The van der Waals surface area contributed by atoms with Gasteiger partial charge in [-0.3, -0.25) is 18.7 Å². The van der Waals surface area contributed by atoms with Crippen molar-refractivity contribution in [3.05, 3.63) is 51.7 Å². The summed E-state index contributed by atoms with van der Waals surface area (Å²) < 4.78 is 31.7. The zero-order valence-electron chi connectivity index (χ0n) is 20.2. The standard InChI is InChI=1S/C25H32N4O5S/c1-4-22(30)27-12-9-20(16(2)14-27)29-23(31)19-13-18(35(33,34)26-25(3)10-11-25)7-8-21(19)28(24(29)32)15-17-5-6-17/h4,7-8,13,16-17,20,26H,1,5-6,9-12,14-15H2,2-3H3. The van der Waals surface area contributed by atoms with Gasteiger partial charge in [-0.1, -0.05) is 13.5 Å². The highest BCUT2D eigenvalue weighted by Gasteiger charge is 2.41. The quantitative estimate of drug-likeness (QED) is 0.585. The third kappa shape index (κ3) is 4.49. The number of sulfonamides is 1. The molecule has 0 spiro atoms. The van der Waals surface area contributed by atoms with E-state index in [1.807, 2.05) is 13.8 Å². The summed E-state index contributed by atoms with van der Waals surface area (Å²) in [5.41, 5.74) is -0.821. The Kier molecular flexibility index (Phi) is 5.79. The molecule has 1 amide bonds. The lowest BCUT2D eigenvalue weighted by Gasteiger charge is -2.37. The Labute approximate surface area is 204 Å². The van der Waals surface area contributed by atoms with E-state index in [1.54, 1.807) is 15.5 Å². The van der Waals surface area contributed by atoms with Crippen LogP contribution in [0.1, 0.15) is 52.0 Å². The summed E-state index contributed by atoms with van der Waals surface area (Å²) in [4.78, 5) is 41.2. The number of hydrogen-bond acceptors (Lipinski definition) is 5. The molecule has 1 aliphatic heterocycles. The zero-order valence-corrected chi connectivity index (χ0v) is 21.0. The Hall–Kier alpha value is -2.72. The first kappa shape index (κ1) is 24.0. The van der Waals surface area contributed by atoms with Gasteiger partial charge in [0.25, 0.3) is 5.56 Å². The average Bonchev–Trinajstić information content (AvgIpc) is 3.75. The van der Waals surface area contributed by atoms with Crippen LogP contribution in [0.5, 0.6) is 0 Å². The van der Waals surface area contributed by atoms with Crippen molar-refractivity contribution in [1.29, 1.82) is 0 Å². The lowest BCUT2D eigenvalue weighted by Crippen LogP contribution is -2.50. The van der Waals surface area contributed by atoms with Crippen molar-refractivity contribution in [2.45, 2.75) is 69.0 Å². The number of carbonyl (C=O) groups is 1. The maximum absolute atomic E-state index is 13.7. The molecule has 2 atom stereocenters. The fourth-order valence-corrected chi connectivity index (χ4v) is 6.58. The number of nitrogens with one attached hydrogen (secondary N) is 1. The molecule has 1 aromatic carbocycles. The number of carbonyl (C=O) groups excluding carboxylic acids is 1. The zero-order chi connectivity index (χ0) is 25.1. The van der Waals surface area contributed by atoms with Crippen LogP contribution in [-0.4, -0.2) is 47.0 Å². The summed E-state index contributed by atoms with van der Waals surface area (Å²) in [5, 5.41) is 0.228. The number of hydrogen-bond donors (Lipinski definition) is 1. The maximum Gasteiger partial charge on any atom is 0.331 e. The minimum absolute atomic E-state index is 0.0258. The summed E-state index contributed by atoms with van der Waals surface area (Å²) >= 11 is 0. The third-order valence-electron chi connectivity index (χ3n) is 7.65. The average molecular weight is 501 g/mol. The van der Waals surface area contributed by atoms with Crippen molar-refractivity contribution in [2.75, 3.05) is 13.1 Å². The highest BCUT2D eigenvalue weighted by molar-refractivity contribution is 7.89. The number of aromatic nitrogens is 2. The van der Waals surface area contributed by atoms with Crippen LogP contribution in [0, 0.1) is 11.8 Å². The van der Waals surface area contributed by atoms with Crippen molar-refractivity contribution < 1.29 is 13.2 Å². The molecular formula is C25H32N4O5S. The third-order valence-corrected chi connectivity index (χ3v) is 9.29. The fraction of sp³-hybridized carbons (Fsp3) is 0.560. The molecule has 2 aromatic rings. The SMILES string of the molecule is C=CC(=O)N1CCC(n2c(=O)c3cc(S(=O)(=O)NC4(C)CC4)ccc3n(CC3CC3)c2=O)C(C)C1. The van der Waals surface area contributed by atoms with Crippen LogP contribution in [0.2, 0.25) is 0 Å². The minimum Gasteiger partial charge on any atom is -0.339 e. The van der Waals surface area contributed by atoms with Crippen LogP contribution in [0.25, 0.3) is 10.9 Å². The Morgan fingerprint density at radius 2 is 1.94 bits per heavy atom. The van der Waals surface area contributed by atoms with Gasteiger partial charge in [-0.2, -0.15) is 0 Å². The van der Waals surface area contributed by atoms with Crippen molar-refractivity contribution in [1.82, 2.24) is 18.8 Å². The summed E-state index contributed by atoms with van der Waals surface area (Å²) in [5.74, 6) is 0.0820. The molecule has 2 heterocycles. The highest BCUT2D eigenvalue weighted by Crippen LogP contribution is 2.36. The summed E-state index contributed by atoms with van der Waals surface area (Å²) in [6.07, 6.45) is 5.34. The van der Waals surface area contributed by atoms with E-state index in [4.69, 9.17) is 0 Å². The molecule has 2 aliphatic carbocycles. The van der Waals surface area contributed by atoms with E-state index in [0.717, 1.165) is 25.7 Å². The molecule has 3 aliphatic rings. The second-order valence-corrected chi connectivity index (χ2v) is 12.4. The summed E-state index contributed by atoms with van der Waals surface area (Å²) in [7, 11) is -3.80. The van der Waals surface area contributed by atoms with Gasteiger partial charge in [0, 0.05) is 31.2 Å². The van der Waals surface area contributed by atoms with E-state index in [0.29, 0.717) is 37.5 Å². The second-order valence-electron chi connectivity index (χ2n) is 10.7. The molecule has 0 bridgehead atoms. The predicted octanol–water partition coefficient (Wildman–Crippen LogP) is 2.00. The number of fused-ring (bicyclic) bond motifs is 1. The number of amides is 1. The smallest absolute Gasteiger partial charge is 0.331 e. The molecule has 0 radical (unpaired) electrons. The largest absolute Gasteiger partial charge is 0.339 e. The normalized spacial score (nSPS) is 23.9. The van der Waals surface area contributed by atoms with Gasteiger partial charge in [0.1, 0.15) is 0 Å². The molecule has 35 heavy (non-hydrogen) atoms. The molecular weight excluding hydrogens is 468 g/mol. The molecule has 2 unspecified atom stereocenters. The first-order valence-electron chi connectivity index (χ1n) is 12.3. The summed E-state index contributed by atoms with van der Waals surface area (Å²) in [6.45, 7) is 8.67. The number of nitrogens with zero attached hydrogens (tertiary/aromatic N) is 3. The minimum atomic E-state index is -3.80. The van der Waals surface area contributed by atoms with Crippen molar-refractivity contribution >= 4 is 26.8 Å². The molecule has 2 saturated carbocycles. The van der Waals surface area contributed by atoms with E-state index in [2.05, 4.69) is 11.3 Å². The molecule has 10 heteroatoms. The van der Waals surface area contributed by atoms with E-state index in [9.17, 15) is 22.8 Å². The van der Waals surface area contributed by atoms with Crippen molar-refractivity contribution in [2.24, 2.45) is 11.8 Å². The monoisotopic (exact) mass is 500 g/mol. The Morgan fingerprint density at radius 3 is 2.54 bits per heavy atom. The van der Waals surface area contributed by atoms with Gasteiger partial charge in [-0.05, 0) is 75.1 Å². The molecule has 188 valence electrons. The lowest BCUT2D eigenvalue weighted by molar-refractivity contribution is -0.128. The van der Waals surface area contributed by atoms with Gasteiger partial charge in [0.05, 0.1) is 15.8 Å². The summed E-state index contributed by atoms with van der Waals surface area (Å²) in [6, 6.07) is 4.09. The van der Waals surface area contributed by atoms with Gasteiger partial charge in [0.15, 0.2) is 0 Å². The molecule has 9 nitrogen and oxygen atoms in total. The molecule has 1 aromatic heterocycles.